The van der Waals surface area contributed by atoms with E-state index in [9.17, 15) is 0 Å². The molecule has 0 spiro atoms. The van der Waals surface area contributed by atoms with Crippen molar-refractivity contribution in [2.45, 2.75) is 37.4 Å². The smallest absolute Gasteiger partial charge is 0.0251 e. The van der Waals surface area contributed by atoms with Gasteiger partial charge in [0.1, 0.15) is 0 Å². The normalized spacial score (nSPS) is 35.3. The van der Waals surface area contributed by atoms with Gasteiger partial charge >= 0.3 is 0 Å². The third-order valence-corrected chi connectivity index (χ3v) is 4.52. The molecule has 0 radical (unpaired) electrons. The van der Waals surface area contributed by atoms with Gasteiger partial charge < -0.3 is 10.2 Å². The lowest BCUT2D eigenvalue weighted by Gasteiger charge is -2.29. The Morgan fingerprint density at radius 2 is 1.92 bits per heavy atom. The topological polar surface area (TPSA) is 15.3 Å². The average molecular weight is 200 g/mol. The number of hydrogen-bond donors (Lipinski definition) is 1. The Labute approximate surface area is 85.4 Å². The Balaban J connectivity index is 1.71. The number of hydrogen-bond acceptors (Lipinski definition) is 3. The van der Waals surface area contributed by atoms with Crippen molar-refractivity contribution in [3.63, 3.8) is 0 Å². The van der Waals surface area contributed by atoms with E-state index >= 15 is 0 Å². The molecular weight excluding hydrogens is 180 g/mol. The lowest BCUT2D eigenvalue weighted by Crippen LogP contribution is -2.45. The minimum Gasteiger partial charge on any atom is -0.310 e. The quantitative estimate of drug-likeness (QED) is 0.736. The first-order valence-electron chi connectivity index (χ1n) is 5.26. The molecule has 1 saturated heterocycles. The van der Waals surface area contributed by atoms with Crippen LogP contribution in [-0.2, 0) is 0 Å². The van der Waals surface area contributed by atoms with E-state index in [2.05, 4.69) is 36.1 Å². The first kappa shape index (κ1) is 9.81. The number of rotatable bonds is 3. The first-order valence-corrected chi connectivity index (χ1v) is 6.41. The molecule has 2 unspecified atom stereocenters. The Morgan fingerprint density at radius 1 is 1.15 bits per heavy atom. The molecule has 1 heterocycles. The highest BCUT2D eigenvalue weighted by Gasteiger charge is 2.29. The Bertz CT molecular complexity index is 168. The van der Waals surface area contributed by atoms with Crippen LogP contribution in [0.5, 0.6) is 0 Å². The maximum absolute atomic E-state index is 3.75. The fraction of sp³-hybridized carbons (Fsp3) is 1.00. The molecule has 13 heavy (non-hydrogen) atoms. The van der Waals surface area contributed by atoms with Crippen LogP contribution in [0.2, 0.25) is 0 Å². The summed E-state index contributed by atoms with van der Waals surface area (Å²) in [4.78, 5) is 2.37. The van der Waals surface area contributed by atoms with E-state index in [0.717, 1.165) is 18.1 Å². The van der Waals surface area contributed by atoms with Gasteiger partial charge in [-0.25, -0.2) is 0 Å². The van der Waals surface area contributed by atoms with Crippen LogP contribution < -0.4 is 5.32 Å². The molecule has 1 aliphatic carbocycles. The minimum absolute atomic E-state index is 0.804. The highest BCUT2D eigenvalue weighted by atomic mass is 32.2. The fourth-order valence-electron chi connectivity index (χ4n) is 2.24. The Morgan fingerprint density at radius 3 is 2.38 bits per heavy atom. The van der Waals surface area contributed by atoms with Crippen molar-refractivity contribution < 1.29 is 0 Å². The second-order valence-corrected chi connectivity index (χ2v) is 5.60. The van der Waals surface area contributed by atoms with Crippen LogP contribution in [0, 0.1) is 0 Å². The zero-order valence-corrected chi connectivity index (χ0v) is 9.44. The van der Waals surface area contributed by atoms with Crippen LogP contribution in [0.4, 0.5) is 0 Å². The zero-order chi connectivity index (χ0) is 9.26. The lowest BCUT2D eigenvalue weighted by molar-refractivity contribution is 0.291. The highest BCUT2D eigenvalue weighted by Crippen LogP contribution is 2.25. The van der Waals surface area contributed by atoms with Crippen molar-refractivity contribution in [2.75, 3.05) is 25.6 Å². The molecule has 1 aliphatic heterocycles. The molecule has 2 atom stereocenters. The van der Waals surface area contributed by atoms with Gasteiger partial charge in [0, 0.05) is 29.6 Å². The van der Waals surface area contributed by atoms with Gasteiger partial charge in [0.05, 0.1) is 0 Å². The largest absolute Gasteiger partial charge is 0.310 e. The van der Waals surface area contributed by atoms with Crippen LogP contribution in [0.15, 0.2) is 0 Å². The molecule has 0 bridgehead atoms. The SMILES string of the molecule is CN(C)C1CCC(NC2CSC2)C1. The van der Waals surface area contributed by atoms with Gasteiger partial charge in [0.2, 0.25) is 0 Å². The summed E-state index contributed by atoms with van der Waals surface area (Å²) in [6.07, 6.45) is 4.11. The van der Waals surface area contributed by atoms with Crippen LogP contribution in [0.3, 0.4) is 0 Å². The second-order valence-electron chi connectivity index (χ2n) is 4.53. The molecule has 2 aliphatic rings. The minimum atomic E-state index is 0.804. The third kappa shape index (κ3) is 2.39. The summed E-state index contributed by atoms with van der Waals surface area (Å²) in [6.45, 7) is 0. The predicted octanol–water partition coefficient (Wildman–Crippen LogP) is 1.17. The molecular formula is C10H20N2S. The molecule has 0 amide bonds. The maximum atomic E-state index is 3.75. The van der Waals surface area contributed by atoms with Crippen LogP contribution in [0.1, 0.15) is 19.3 Å². The van der Waals surface area contributed by atoms with Crippen LogP contribution in [-0.4, -0.2) is 48.6 Å². The predicted molar refractivity (Wildman–Crippen MR) is 59.4 cm³/mol. The third-order valence-electron chi connectivity index (χ3n) is 3.24. The van der Waals surface area contributed by atoms with E-state index in [1.165, 1.54) is 30.8 Å². The summed E-state index contributed by atoms with van der Waals surface area (Å²) < 4.78 is 0. The van der Waals surface area contributed by atoms with Gasteiger partial charge in [-0.05, 0) is 33.4 Å². The summed E-state index contributed by atoms with van der Waals surface area (Å²) >= 11 is 2.06. The van der Waals surface area contributed by atoms with Gasteiger partial charge in [-0.1, -0.05) is 0 Å². The van der Waals surface area contributed by atoms with E-state index in [-0.39, 0.29) is 0 Å². The summed E-state index contributed by atoms with van der Waals surface area (Å²) in [5, 5.41) is 3.75. The molecule has 0 aromatic carbocycles. The monoisotopic (exact) mass is 200 g/mol. The van der Waals surface area contributed by atoms with Gasteiger partial charge in [-0.2, -0.15) is 11.8 Å². The van der Waals surface area contributed by atoms with E-state index in [1.807, 2.05) is 0 Å². The molecule has 1 N–H and O–H groups in total. The van der Waals surface area contributed by atoms with Crippen molar-refractivity contribution in [1.29, 1.82) is 0 Å². The van der Waals surface area contributed by atoms with E-state index < -0.39 is 0 Å². The number of nitrogens with one attached hydrogen (secondary N) is 1. The van der Waals surface area contributed by atoms with Crippen LogP contribution >= 0.6 is 11.8 Å². The summed E-state index contributed by atoms with van der Waals surface area (Å²) in [5.74, 6) is 2.67. The molecule has 76 valence electrons. The van der Waals surface area contributed by atoms with E-state index in [1.54, 1.807) is 0 Å². The summed E-state index contributed by atoms with van der Waals surface area (Å²) in [6, 6.07) is 2.46. The van der Waals surface area contributed by atoms with Gasteiger partial charge in [-0.3, -0.25) is 0 Å². The van der Waals surface area contributed by atoms with Crippen molar-refractivity contribution in [3.05, 3.63) is 0 Å². The van der Waals surface area contributed by atoms with E-state index in [4.69, 9.17) is 0 Å². The molecule has 0 aromatic heterocycles. The Kier molecular flexibility index (Phi) is 3.17. The first-order chi connectivity index (χ1) is 6.25. The molecule has 3 heteroatoms. The van der Waals surface area contributed by atoms with Gasteiger partial charge in [-0.15, -0.1) is 0 Å². The van der Waals surface area contributed by atoms with Crippen molar-refractivity contribution in [3.8, 4) is 0 Å². The lowest BCUT2D eigenvalue weighted by atomic mass is 10.2. The van der Waals surface area contributed by atoms with Crippen LogP contribution in [0.25, 0.3) is 0 Å². The maximum Gasteiger partial charge on any atom is 0.0251 e. The van der Waals surface area contributed by atoms with Crippen molar-refractivity contribution in [2.24, 2.45) is 0 Å². The number of thioether (sulfide) groups is 1. The molecule has 1 saturated carbocycles. The Hall–Kier alpha value is 0.270. The summed E-state index contributed by atoms with van der Waals surface area (Å²) in [7, 11) is 4.40. The zero-order valence-electron chi connectivity index (χ0n) is 8.62. The van der Waals surface area contributed by atoms with Crippen molar-refractivity contribution in [1.82, 2.24) is 10.2 Å². The molecule has 0 aromatic rings. The second kappa shape index (κ2) is 4.20. The molecule has 2 rings (SSSR count). The molecule has 2 fully saturated rings. The highest BCUT2D eigenvalue weighted by molar-refractivity contribution is 8.00. The average Bonchev–Trinajstić information content (AvgIpc) is 2.44. The van der Waals surface area contributed by atoms with Gasteiger partial charge in [0.25, 0.3) is 0 Å². The standard InChI is InChI=1S/C10H20N2S/c1-12(2)10-4-3-8(5-10)11-9-6-13-7-9/h8-11H,3-7H2,1-2H3. The summed E-state index contributed by atoms with van der Waals surface area (Å²) in [5.41, 5.74) is 0. The number of nitrogens with zero attached hydrogens (tertiary/aromatic N) is 1. The van der Waals surface area contributed by atoms with Gasteiger partial charge in [0.15, 0.2) is 0 Å². The molecule has 2 nitrogen and oxygen atoms in total. The van der Waals surface area contributed by atoms with E-state index in [0.29, 0.717) is 0 Å². The van der Waals surface area contributed by atoms with Crippen molar-refractivity contribution >= 4 is 11.8 Å². The fourth-order valence-corrected chi connectivity index (χ4v) is 2.91.